The predicted molar refractivity (Wildman–Crippen MR) is 128 cm³/mol. The van der Waals surface area contributed by atoms with E-state index in [9.17, 15) is 0 Å². The quantitative estimate of drug-likeness (QED) is 0.375. The molecule has 0 aliphatic rings. The maximum absolute atomic E-state index is 6.11. The molecule has 0 heterocycles. The first-order valence-corrected chi connectivity index (χ1v) is 9.92. The molecule has 4 nitrogen and oxygen atoms in total. The van der Waals surface area contributed by atoms with Crippen LogP contribution in [0.3, 0.4) is 0 Å². The lowest BCUT2D eigenvalue weighted by Crippen LogP contribution is -2.12. The zero-order valence-electron chi connectivity index (χ0n) is 16.6. The first-order chi connectivity index (χ1) is 14.5. The molecule has 5 heteroatoms. The van der Waals surface area contributed by atoms with E-state index in [-0.39, 0.29) is 0 Å². The molecule has 0 saturated carbocycles. The summed E-state index contributed by atoms with van der Waals surface area (Å²) in [5.41, 5.74) is 17.6. The molecule has 6 N–H and O–H groups in total. The molecule has 3 rings (SSSR count). The van der Waals surface area contributed by atoms with Crippen molar-refractivity contribution >= 4 is 28.7 Å². The van der Waals surface area contributed by atoms with E-state index in [4.69, 9.17) is 23.1 Å². The number of anilines is 1. The van der Waals surface area contributed by atoms with E-state index in [0.29, 0.717) is 18.1 Å². The summed E-state index contributed by atoms with van der Waals surface area (Å²) in [6.07, 6.45) is 3.54. The summed E-state index contributed by atoms with van der Waals surface area (Å²) >= 11 is 5.93. The minimum Gasteiger partial charge on any atom is -0.398 e. The summed E-state index contributed by atoms with van der Waals surface area (Å²) in [7, 11) is 0. The van der Waals surface area contributed by atoms with E-state index in [1.54, 1.807) is 12.2 Å². The van der Waals surface area contributed by atoms with Crippen LogP contribution in [0.25, 0.3) is 11.4 Å². The molecule has 0 saturated heterocycles. The second kappa shape index (κ2) is 10.2. The zero-order valence-corrected chi connectivity index (χ0v) is 17.4. The van der Waals surface area contributed by atoms with Crippen LogP contribution in [-0.2, 0) is 6.54 Å². The van der Waals surface area contributed by atoms with E-state index in [0.717, 1.165) is 33.1 Å². The van der Waals surface area contributed by atoms with E-state index in [1.165, 1.54) is 0 Å². The first kappa shape index (κ1) is 21.1. The van der Waals surface area contributed by atoms with Gasteiger partial charge in [-0.2, -0.15) is 0 Å². The Morgan fingerprint density at radius 2 is 1.57 bits per heavy atom. The normalized spacial score (nSPS) is 11.8. The molecule has 0 aromatic heterocycles. The van der Waals surface area contributed by atoms with Crippen molar-refractivity contribution in [2.75, 3.05) is 5.32 Å². The van der Waals surface area contributed by atoms with Crippen LogP contribution < -0.4 is 22.1 Å². The summed E-state index contributed by atoms with van der Waals surface area (Å²) in [4.78, 5) is 0. The largest absolute Gasteiger partial charge is 0.398 e. The van der Waals surface area contributed by atoms with Gasteiger partial charge in [0.1, 0.15) is 5.82 Å². The molecule has 3 aromatic rings. The van der Waals surface area contributed by atoms with Gasteiger partial charge in [-0.05, 0) is 53.1 Å². The molecular formula is C25H25ClN4. The maximum atomic E-state index is 6.11. The average Bonchev–Trinajstić information content (AvgIpc) is 2.77. The summed E-state index contributed by atoms with van der Waals surface area (Å²) in [5, 5.41) is 7.24. The van der Waals surface area contributed by atoms with Gasteiger partial charge in [0, 0.05) is 28.6 Å². The monoisotopic (exact) mass is 416 g/mol. The van der Waals surface area contributed by atoms with Crippen LogP contribution in [0.1, 0.15) is 16.7 Å². The Morgan fingerprint density at radius 3 is 2.30 bits per heavy atom. The van der Waals surface area contributed by atoms with Gasteiger partial charge >= 0.3 is 0 Å². The smallest absolute Gasteiger partial charge is 0.101 e. The number of rotatable bonds is 8. The lowest BCUT2D eigenvalue weighted by atomic mass is 10.1. The molecular weight excluding hydrogens is 392 g/mol. The third-order valence-electron chi connectivity index (χ3n) is 4.47. The molecule has 0 atom stereocenters. The van der Waals surface area contributed by atoms with Gasteiger partial charge in [0.25, 0.3) is 0 Å². The molecule has 0 bridgehead atoms. The third kappa shape index (κ3) is 6.19. The highest BCUT2D eigenvalue weighted by molar-refractivity contribution is 6.30. The fraction of sp³-hybridized carbons (Fsp3) is 0.0400. The van der Waals surface area contributed by atoms with Gasteiger partial charge in [-0.3, -0.25) is 0 Å². The highest BCUT2D eigenvalue weighted by atomic mass is 35.5. The number of nitrogens with two attached hydrogens (primary N) is 2. The topological polar surface area (TPSA) is 76.1 Å². The zero-order chi connectivity index (χ0) is 21.3. The number of hydrogen-bond acceptors (Lipinski definition) is 4. The van der Waals surface area contributed by atoms with Crippen molar-refractivity contribution in [2.45, 2.75) is 6.54 Å². The molecule has 30 heavy (non-hydrogen) atoms. The van der Waals surface area contributed by atoms with Gasteiger partial charge in [-0.15, -0.1) is 0 Å². The van der Waals surface area contributed by atoms with Crippen LogP contribution in [0.2, 0.25) is 5.02 Å². The summed E-state index contributed by atoms with van der Waals surface area (Å²) < 4.78 is 0. The number of hydrogen-bond donors (Lipinski definition) is 4. The highest BCUT2D eigenvalue weighted by Gasteiger charge is 2.02. The number of halogens is 1. The number of benzene rings is 3. The van der Waals surface area contributed by atoms with Crippen molar-refractivity contribution in [3.63, 3.8) is 0 Å². The van der Waals surface area contributed by atoms with Crippen LogP contribution in [0.4, 0.5) is 5.69 Å². The molecule has 0 radical (unpaired) electrons. The maximum Gasteiger partial charge on any atom is 0.101 e. The lowest BCUT2D eigenvalue weighted by molar-refractivity contribution is 0.892. The SMILES string of the molecule is C=C(NCc1ccc(Cl)cc1)c1cccc(N/C(N)=C/C=C(\N)c2ccccc2)c1. The van der Waals surface area contributed by atoms with Crippen molar-refractivity contribution in [1.29, 1.82) is 0 Å². The minimum atomic E-state index is 0.491. The lowest BCUT2D eigenvalue weighted by Gasteiger charge is -2.12. The van der Waals surface area contributed by atoms with Gasteiger partial charge in [0.05, 0.1) is 0 Å². The Balaban J connectivity index is 1.61. The van der Waals surface area contributed by atoms with E-state index >= 15 is 0 Å². The molecule has 0 unspecified atom stereocenters. The minimum absolute atomic E-state index is 0.491. The second-order valence-corrected chi connectivity index (χ2v) is 7.21. The average molecular weight is 417 g/mol. The fourth-order valence-corrected chi connectivity index (χ4v) is 2.94. The molecule has 0 aliphatic heterocycles. The van der Waals surface area contributed by atoms with Crippen LogP contribution in [-0.4, -0.2) is 0 Å². The molecule has 152 valence electrons. The predicted octanol–water partition coefficient (Wildman–Crippen LogP) is 5.31. The second-order valence-electron chi connectivity index (χ2n) is 6.77. The van der Waals surface area contributed by atoms with Gasteiger partial charge in [-0.25, -0.2) is 0 Å². The van der Waals surface area contributed by atoms with Crippen LogP contribution in [0.5, 0.6) is 0 Å². The molecule has 0 fully saturated rings. The van der Waals surface area contributed by atoms with Crippen molar-refractivity contribution < 1.29 is 0 Å². The van der Waals surface area contributed by atoms with Crippen molar-refractivity contribution in [3.8, 4) is 0 Å². The molecule has 0 aliphatic carbocycles. The number of allylic oxidation sites excluding steroid dienone is 2. The first-order valence-electron chi connectivity index (χ1n) is 9.54. The number of nitrogens with one attached hydrogen (secondary N) is 2. The Labute approximate surface area is 182 Å². The standard InChI is InChI=1S/C25H25ClN4/c1-18(29-17-19-10-12-22(26)13-11-19)21-8-5-9-23(16-21)30-25(28)15-14-24(27)20-6-3-2-4-7-20/h2-16,29-30H,1,17,27-28H2/b24-14-,25-15+. The van der Waals surface area contributed by atoms with Crippen LogP contribution in [0.15, 0.2) is 103 Å². The Kier molecular flexibility index (Phi) is 7.19. The van der Waals surface area contributed by atoms with E-state index < -0.39 is 0 Å². The summed E-state index contributed by atoms with van der Waals surface area (Å²) in [6, 6.07) is 25.4. The third-order valence-corrected chi connectivity index (χ3v) is 4.72. The molecule has 0 spiro atoms. The van der Waals surface area contributed by atoms with Gasteiger partial charge in [0.15, 0.2) is 0 Å². The highest BCUT2D eigenvalue weighted by Crippen LogP contribution is 2.18. The van der Waals surface area contributed by atoms with Crippen molar-refractivity contribution in [1.82, 2.24) is 5.32 Å². The molecule has 3 aromatic carbocycles. The van der Waals surface area contributed by atoms with Gasteiger partial charge in [0.2, 0.25) is 0 Å². The van der Waals surface area contributed by atoms with Gasteiger partial charge < -0.3 is 22.1 Å². The molecule has 0 amide bonds. The summed E-state index contributed by atoms with van der Waals surface area (Å²) in [5.74, 6) is 0.491. The van der Waals surface area contributed by atoms with Crippen LogP contribution in [0, 0.1) is 0 Å². The van der Waals surface area contributed by atoms with Crippen LogP contribution >= 0.6 is 11.6 Å². The Morgan fingerprint density at radius 1 is 0.867 bits per heavy atom. The Hall–Kier alpha value is -3.63. The fourth-order valence-electron chi connectivity index (χ4n) is 2.81. The van der Waals surface area contributed by atoms with E-state index in [2.05, 4.69) is 17.2 Å². The Bertz CT molecular complexity index is 1050. The summed E-state index contributed by atoms with van der Waals surface area (Å²) in [6.45, 7) is 4.80. The van der Waals surface area contributed by atoms with E-state index in [1.807, 2.05) is 78.9 Å². The van der Waals surface area contributed by atoms with Crippen molar-refractivity contribution in [3.05, 3.63) is 125 Å². The van der Waals surface area contributed by atoms with Gasteiger partial charge in [-0.1, -0.05) is 72.8 Å². The van der Waals surface area contributed by atoms with Crippen molar-refractivity contribution in [2.24, 2.45) is 11.5 Å².